The molecule has 0 atom stereocenters. The first-order valence-electron chi connectivity index (χ1n) is 2.82. The van der Waals surface area contributed by atoms with Crippen molar-refractivity contribution < 1.29 is 4.74 Å². The summed E-state index contributed by atoms with van der Waals surface area (Å²) in [5.74, 6) is 0.701. The average molecular weight is 201 g/mol. The Morgan fingerprint density at radius 1 is 1.70 bits per heavy atom. The van der Waals surface area contributed by atoms with Crippen molar-refractivity contribution in [3.05, 3.63) is 22.4 Å². The van der Waals surface area contributed by atoms with Crippen LogP contribution in [-0.2, 0) is 0 Å². The van der Waals surface area contributed by atoms with Gasteiger partial charge in [-0.25, -0.2) is 0 Å². The number of hydrogen-bond donors (Lipinski definition) is 0. The van der Waals surface area contributed by atoms with Gasteiger partial charge < -0.3 is 4.74 Å². The van der Waals surface area contributed by atoms with Crippen LogP contribution in [0.2, 0.25) is 0 Å². The second-order valence-corrected chi connectivity index (χ2v) is 2.70. The minimum absolute atomic E-state index is 0.701. The van der Waals surface area contributed by atoms with Crippen molar-refractivity contribution in [2.45, 2.75) is 6.92 Å². The van der Waals surface area contributed by atoms with Gasteiger partial charge in [0.25, 0.3) is 0 Å². The molecule has 0 spiro atoms. The standard InChI is InChI=1S/C7H7BrNO/c1-5-3-7(10-2)6(8)4-9-5/h4H,1-2H3. The molecule has 0 amide bonds. The number of halogens is 1. The van der Waals surface area contributed by atoms with Crippen molar-refractivity contribution in [3.8, 4) is 5.75 Å². The van der Waals surface area contributed by atoms with Crippen molar-refractivity contribution in [2.75, 3.05) is 7.11 Å². The molecule has 0 aliphatic carbocycles. The van der Waals surface area contributed by atoms with Crippen LogP contribution in [0.15, 0.2) is 10.7 Å². The van der Waals surface area contributed by atoms with Gasteiger partial charge in [-0.2, -0.15) is 0 Å². The summed E-state index contributed by atoms with van der Waals surface area (Å²) in [7, 11) is 1.61. The van der Waals surface area contributed by atoms with Gasteiger partial charge in [0.2, 0.25) is 0 Å². The molecule has 0 N–H and O–H groups in total. The first-order valence-corrected chi connectivity index (χ1v) is 3.61. The largest absolute Gasteiger partial charge is 0.495 e. The Bertz CT molecular complexity index is 237. The summed E-state index contributed by atoms with van der Waals surface area (Å²) in [6.07, 6.45) is 1.70. The van der Waals surface area contributed by atoms with E-state index in [0.29, 0.717) is 5.75 Å². The molecule has 1 aromatic rings. The summed E-state index contributed by atoms with van der Waals surface area (Å²) in [4.78, 5) is 4.00. The maximum atomic E-state index is 4.98. The highest BCUT2D eigenvalue weighted by molar-refractivity contribution is 9.10. The monoisotopic (exact) mass is 200 g/mol. The fourth-order valence-electron chi connectivity index (χ4n) is 0.617. The number of ether oxygens (including phenoxy) is 1. The molecule has 10 heavy (non-hydrogen) atoms. The summed E-state index contributed by atoms with van der Waals surface area (Å²) < 4.78 is 5.82. The van der Waals surface area contributed by atoms with E-state index in [1.54, 1.807) is 13.3 Å². The van der Waals surface area contributed by atoms with Crippen LogP contribution >= 0.6 is 15.9 Å². The predicted octanol–water partition coefficient (Wildman–Crippen LogP) is 1.96. The number of aromatic nitrogens is 1. The predicted molar refractivity (Wildman–Crippen MR) is 42.1 cm³/mol. The minimum atomic E-state index is 0.701. The van der Waals surface area contributed by atoms with E-state index in [4.69, 9.17) is 4.74 Å². The van der Waals surface area contributed by atoms with Gasteiger partial charge in [0.05, 0.1) is 17.6 Å². The SMILES string of the molecule is COc1[c]c(C)ncc1Br. The average Bonchev–Trinajstić information content (AvgIpc) is 1.94. The number of rotatable bonds is 1. The molecular formula is C7H7BrNO. The highest BCUT2D eigenvalue weighted by atomic mass is 79.9. The maximum Gasteiger partial charge on any atom is 0.144 e. The molecule has 0 saturated heterocycles. The summed E-state index contributed by atoms with van der Waals surface area (Å²) in [5, 5.41) is 0. The molecule has 0 aromatic carbocycles. The van der Waals surface area contributed by atoms with Gasteiger partial charge in [0.15, 0.2) is 0 Å². The first-order chi connectivity index (χ1) is 4.74. The second-order valence-electron chi connectivity index (χ2n) is 1.85. The van der Waals surface area contributed by atoms with E-state index < -0.39 is 0 Å². The maximum absolute atomic E-state index is 4.98. The second kappa shape index (κ2) is 3.01. The Kier molecular flexibility index (Phi) is 2.27. The third-order valence-electron chi connectivity index (χ3n) is 1.09. The molecule has 0 aliphatic rings. The van der Waals surface area contributed by atoms with Gasteiger partial charge in [-0.3, -0.25) is 4.98 Å². The molecule has 1 radical (unpaired) electrons. The van der Waals surface area contributed by atoms with Crippen LogP contribution in [0.4, 0.5) is 0 Å². The van der Waals surface area contributed by atoms with Crippen LogP contribution in [-0.4, -0.2) is 12.1 Å². The number of pyridine rings is 1. The quantitative estimate of drug-likeness (QED) is 0.692. The topological polar surface area (TPSA) is 22.1 Å². The van der Waals surface area contributed by atoms with Gasteiger partial charge in [0.1, 0.15) is 5.75 Å². The van der Waals surface area contributed by atoms with E-state index in [-0.39, 0.29) is 0 Å². The van der Waals surface area contributed by atoms with Gasteiger partial charge >= 0.3 is 0 Å². The van der Waals surface area contributed by atoms with Gasteiger partial charge in [-0.1, -0.05) is 0 Å². The molecule has 3 heteroatoms. The van der Waals surface area contributed by atoms with Crippen molar-refractivity contribution in [3.63, 3.8) is 0 Å². The van der Waals surface area contributed by atoms with Gasteiger partial charge in [-0.05, 0) is 22.9 Å². The van der Waals surface area contributed by atoms with Crippen molar-refractivity contribution >= 4 is 15.9 Å². The van der Waals surface area contributed by atoms with E-state index in [1.165, 1.54) is 0 Å². The van der Waals surface area contributed by atoms with Crippen LogP contribution in [0.25, 0.3) is 0 Å². The minimum Gasteiger partial charge on any atom is -0.495 e. The molecule has 0 bridgehead atoms. The van der Waals surface area contributed by atoms with E-state index in [1.807, 2.05) is 6.92 Å². The number of hydrogen-bond acceptors (Lipinski definition) is 2. The third-order valence-corrected chi connectivity index (χ3v) is 1.65. The van der Waals surface area contributed by atoms with E-state index in [0.717, 1.165) is 10.2 Å². The lowest BCUT2D eigenvalue weighted by atomic mass is 10.4. The number of nitrogens with zero attached hydrogens (tertiary/aromatic N) is 1. The Labute approximate surface area is 68.4 Å². The lowest BCUT2D eigenvalue weighted by Crippen LogP contribution is -1.87. The molecule has 1 aromatic heterocycles. The highest BCUT2D eigenvalue weighted by Crippen LogP contribution is 2.22. The zero-order chi connectivity index (χ0) is 7.56. The fraction of sp³-hybridized carbons (Fsp3) is 0.286. The summed E-state index contributed by atoms with van der Waals surface area (Å²) in [6, 6.07) is 2.95. The van der Waals surface area contributed by atoms with E-state index in [9.17, 15) is 0 Å². The Morgan fingerprint density at radius 3 is 2.90 bits per heavy atom. The van der Waals surface area contributed by atoms with E-state index in [2.05, 4.69) is 27.0 Å². The number of methoxy groups -OCH3 is 1. The number of aryl methyl sites for hydroxylation is 1. The van der Waals surface area contributed by atoms with E-state index >= 15 is 0 Å². The van der Waals surface area contributed by atoms with Crippen LogP contribution in [0, 0.1) is 13.0 Å². The zero-order valence-electron chi connectivity index (χ0n) is 5.81. The first kappa shape index (κ1) is 7.54. The molecule has 2 nitrogen and oxygen atoms in total. The third kappa shape index (κ3) is 1.48. The van der Waals surface area contributed by atoms with Gasteiger partial charge in [-0.15, -0.1) is 0 Å². The Morgan fingerprint density at radius 2 is 2.40 bits per heavy atom. The van der Waals surface area contributed by atoms with Crippen LogP contribution < -0.4 is 4.74 Å². The van der Waals surface area contributed by atoms with Crippen LogP contribution in [0.1, 0.15) is 5.69 Å². The van der Waals surface area contributed by atoms with Crippen molar-refractivity contribution in [2.24, 2.45) is 0 Å². The zero-order valence-corrected chi connectivity index (χ0v) is 7.40. The highest BCUT2D eigenvalue weighted by Gasteiger charge is 1.98. The molecule has 53 valence electrons. The Balaban J connectivity index is 3.09. The summed E-state index contributed by atoms with van der Waals surface area (Å²) >= 11 is 3.27. The lowest BCUT2D eigenvalue weighted by molar-refractivity contribution is 0.410. The van der Waals surface area contributed by atoms with Crippen LogP contribution in [0.3, 0.4) is 0 Å². The summed E-state index contributed by atoms with van der Waals surface area (Å²) in [5.41, 5.74) is 0.833. The Hall–Kier alpha value is -0.570. The van der Waals surface area contributed by atoms with Gasteiger partial charge in [0, 0.05) is 11.9 Å². The molecule has 0 aliphatic heterocycles. The molecule has 0 fully saturated rings. The smallest absolute Gasteiger partial charge is 0.144 e. The molecule has 0 saturated carbocycles. The van der Waals surface area contributed by atoms with Crippen molar-refractivity contribution in [1.29, 1.82) is 0 Å². The summed E-state index contributed by atoms with van der Waals surface area (Å²) in [6.45, 7) is 1.87. The van der Waals surface area contributed by atoms with Crippen molar-refractivity contribution in [1.82, 2.24) is 4.98 Å². The molecular weight excluding hydrogens is 194 g/mol. The fourth-order valence-corrected chi connectivity index (χ4v) is 0.980. The lowest BCUT2D eigenvalue weighted by Gasteiger charge is -2.00. The normalized spacial score (nSPS) is 9.50. The molecule has 0 unspecified atom stereocenters. The van der Waals surface area contributed by atoms with Crippen LogP contribution in [0.5, 0.6) is 5.75 Å². The molecule has 1 rings (SSSR count). The molecule has 1 heterocycles.